The number of benzene rings is 1. The van der Waals surface area contributed by atoms with Gasteiger partial charge in [0.25, 0.3) is 0 Å². The third kappa shape index (κ3) is 3.46. The zero-order chi connectivity index (χ0) is 13.7. The van der Waals surface area contributed by atoms with Crippen molar-refractivity contribution in [1.82, 2.24) is 9.97 Å². The van der Waals surface area contributed by atoms with E-state index < -0.39 is 0 Å². The van der Waals surface area contributed by atoms with E-state index in [4.69, 9.17) is 27.8 Å². The molecule has 3 N–H and O–H groups in total. The van der Waals surface area contributed by atoms with Crippen molar-refractivity contribution in [2.75, 3.05) is 6.61 Å². The molecule has 1 aromatic heterocycles. The van der Waals surface area contributed by atoms with Crippen molar-refractivity contribution in [2.24, 2.45) is 5.73 Å². The van der Waals surface area contributed by atoms with Crippen LogP contribution in [0, 0.1) is 0 Å². The van der Waals surface area contributed by atoms with Crippen LogP contribution in [-0.4, -0.2) is 26.7 Å². The topological polar surface area (TPSA) is 81.3 Å². The van der Waals surface area contributed by atoms with Crippen molar-refractivity contribution >= 4 is 17.2 Å². The van der Waals surface area contributed by atoms with Crippen molar-refractivity contribution in [3.63, 3.8) is 0 Å². The summed E-state index contributed by atoms with van der Waals surface area (Å²) in [5.74, 6) is 0.999. The third-order valence-electron chi connectivity index (χ3n) is 2.45. The molecule has 5 nitrogen and oxygen atoms in total. The highest BCUT2D eigenvalue weighted by Gasteiger charge is 2.06. The number of aliphatic hydroxyl groups excluding tert-OH is 1. The van der Waals surface area contributed by atoms with Gasteiger partial charge in [-0.2, -0.15) is 0 Å². The molecule has 0 saturated carbocycles. The molecule has 98 valence electrons. The van der Waals surface area contributed by atoms with Crippen molar-refractivity contribution in [3.05, 3.63) is 47.9 Å². The number of rotatable bonds is 5. The van der Waals surface area contributed by atoms with Gasteiger partial charge in [-0.15, -0.1) is 0 Å². The molecule has 0 aliphatic heterocycles. The number of aliphatic hydroxyl groups is 1. The van der Waals surface area contributed by atoms with Gasteiger partial charge in [-0.05, 0) is 18.1 Å². The zero-order valence-corrected chi connectivity index (χ0v) is 10.9. The van der Waals surface area contributed by atoms with Gasteiger partial charge in [0, 0.05) is 6.61 Å². The first-order chi connectivity index (χ1) is 9.20. The minimum atomic E-state index is 0.0619. The Balaban J connectivity index is 2.19. The molecule has 2 aromatic rings. The van der Waals surface area contributed by atoms with Crippen molar-refractivity contribution in [2.45, 2.75) is 6.42 Å². The van der Waals surface area contributed by atoms with Gasteiger partial charge in [0.15, 0.2) is 0 Å². The molecule has 1 heterocycles. The van der Waals surface area contributed by atoms with Crippen LogP contribution in [0.5, 0.6) is 11.6 Å². The number of hydrogen-bond donors (Lipinski definition) is 2. The zero-order valence-electron chi connectivity index (χ0n) is 10.1. The summed E-state index contributed by atoms with van der Waals surface area (Å²) in [6.45, 7) is 0.0619. The monoisotopic (exact) mass is 275 g/mol. The van der Waals surface area contributed by atoms with Crippen LogP contribution in [0.2, 0.25) is 0 Å². The summed E-state index contributed by atoms with van der Waals surface area (Å²) < 4.78 is 5.63. The second-order valence-electron chi connectivity index (χ2n) is 3.79. The van der Waals surface area contributed by atoms with Gasteiger partial charge in [0.05, 0.1) is 12.4 Å². The predicted octanol–water partition coefficient (Wildman–Crippen LogP) is 1.44. The maximum absolute atomic E-state index is 9.00. The SMILES string of the molecule is NC(=S)c1cnc(Oc2ccccc2CCO)cn1. The van der Waals surface area contributed by atoms with Crippen LogP contribution in [0.4, 0.5) is 0 Å². The molecular formula is C13H13N3O2S. The summed E-state index contributed by atoms with van der Waals surface area (Å²) in [4.78, 5) is 8.32. The van der Waals surface area contributed by atoms with E-state index in [1.165, 1.54) is 12.4 Å². The molecule has 0 radical (unpaired) electrons. The highest BCUT2D eigenvalue weighted by molar-refractivity contribution is 7.80. The van der Waals surface area contributed by atoms with Gasteiger partial charge in [0.1, 0.15) is 16.4 Å². The summed E-state index contributed by atoms with van der Waals surface area (Å²) in [6, 6.07) is 7.45. The summed E-state index contributed by atoms with van der Waals surface area (Å²) in [5, 5.41) is 9.00. The van der Waals surface area contributed by atoms with E-state index in [1.54, 1.807) is 0 Å². The summed E-state index contributed by atoms with van der Waals surface area (Å²) in [5.41, 5.74) is 6.80. The minimum Gasteiger partial charge on any atom is -0.437 e. The van der Waals surface area contributed by atoms with Crippen LogP contribution in [0.3, 0.4) is 0 Å². The lowest BCUT2D eigenvalue weighted by Crippen LogP contribution is -2.11. The highest BCUT2D eigenvalue weighted by atomic mass is 32.1. The van der Waals surface area contributed by atoms with Crippen molar-refractivity contribution < 1.29 is 9.84 Å². The van der Waals surface area contributed by atoms with Gasteiger partial charge in [-0.1, -0.05) is 30.4 Å². The molecule has 1 aromatic carbocycles. The Labute approximate surface area is 116 Å². The quantitative estimate of drug-likeness (QED) is 0.804. The minimum absolute atomic E-state index is 0.0619. The molecule has 0 saturated heterocycles. The Kier molecular flexibility index (Phi) is 4.38. The largest absolute Gasteiger partial charge is 0.437 e. The van der Waals surface area contributed by atoms with Crippen LogP contribution >= 0.6 is 12.2 Å². The van der Waals surface area contributed by atoms with Gasteiger partial charge < -0.3 is 15.6 Å². The number of nitrogens with zero attached hydrogens (tertiary/aromatic N) is 2. The maximum atomic E-state index is 9.00. The molecule has 0 fully saturated rings. The average Bonchev–Trinajstić information content (AvgIpc) is 2.42. The van der Waals surface area contributed by atoms with E-state index in [2.05, 4.69) is 9.97 Å². The van der Waals surface area contributed by atoms with E-state index in [-0.39, 0.29) is 11.6 Å². The average molecular weight is 275 g/mol. The van der Waals surface area contributed by atoms with Crippen molar-refractivity contribution in [1.29, 1.82) is 0 Å². The molecular weight excluding hydrogens is 262 g/mol. The van der Waals surface area contributed by atoms with E-state index in [0.717, 1.165) is 5.56 Å². The first-order valence-electron chi connectivity index (χ1n) is 5.69. The first-order valence-corrected chi connectivity index (χ1v) is 6.10. The second kappa shape index (κ2) is 6.21. The number of ether oxygens (including phenoxy) is 1. The Morgan fingerprint density at radius 3 is 2.68 bits per heavy atom. The van der Waals surface area contributed by atoms with Gasteiger partial charge in [0.2, 0.25) is 5.88 Å². The standard InChI is InChI=1S/C13H13N3O2S/c14-13(19)10-7-16-12(8-15-10)18-11-4-2-1-3-9(11)5-6-17/h1-4,7-8,17H,5-6H2,(H2,14,19). The van der Waals surface area contributed by atoms with Crippen LogP contribution in [0.1, 0.15) is 11.3 Å². The Morgan fingerprint density at radius 2 is 2.05 bits per heavy atom. The third-order valence-corrected chi connectivity index (χ3v) is 2.66. The van der Waals surface area contributed by atoms with Gasteiger partial charge in [-0.3, -0.25) is 0 Å². The molecule has 0 atom stereocenters. The fourth-order valence-corrected chi connectivity index (χ4v) is 1.64. The number of thiocarbonyl (C=S) groups is 1. The number of para-hydroxylation sites is 1. The van der Waals surface area contributed by atoms with E-state index in [1.807, 2.05) is 24.3 Å². The molecule has 2 rings (SSSR count). The van der Waals surface area contributed by atoms with Crippen LogP contribution < -0.4 is 10.5 Å². The molecule has 0 amide bonds. The molecule has 0 spiro atoms. The van der Waals surface area contributed by atoms with Gasteiger partial charge >= 0.3 is 0 Å². The number of hydrogen-bond acceptors (Lipinski definition) is 5. The predicted molar refractivity (Wildman–Crippen MR) is 75.2 cm³/mol. The fourth-order valence-electron chi connectivity index (χ4n) is 1.54. The first kappa shape index (κ1) is 13.4. The summed E-state index contributed by atoms with van der Waals surface area (Å²) in [7, 11) is 0. The Bertz CT molecular complexity index is 572. The second-order valence-corrected chi connectivity index (χ2v) is 4.23. The Morgan fingerprint density at radius 1 is 1.26 bits per heavy atom. The van der Waals surface area contributed by atoms with E-state index in [9.17, 15) is 0 Å². The van der Waals surface area contributed by atoms with E-state index >= 15 is 0 Å². The van der Waals surface area contributed by atoms with E-state index in [0.29, 0.717) is 23.7 Å². The molecule has 19 heavy (non-hydrogen) atoms. The summed E-state index contributed by atoms with van der Waals surface area (Å²) >= 11 is 4.80. The van der Waals surface area contributed by atoms with Gasteiger partial charge in [-0.25, -0.2) is 9.97 Å². The molecule has 0 aliphatic carbocycles. The lowest BCUT2D eigenvalue weighted by molar-refractivity contribution is 0.297. The fraction of sp³-hybridized carbons (Fsp3) is 0.154. The normalized spacial score (nSPS) is 10.2. The molecule has 0 aliphatic rings. The van der Waals surface area contributed by atoms with Crippen LogP contribution in [-0.2, 0) is 6.42 Å². The summed E-state index contributed by atoms with van der Waals surface area (Å²) in [6.07, 6.45) is 3.45. The lowest BCUT2D eigenvalue weighted by Gasteiger charge is -2.09. The molecule has 6 heteroatoms. The number of nitrogens with two attached hydrogens (primary N) is 1. The smallest absolute Gasteiger partial charge is 0.237 e. The highest BCUT2D eigenvalue weighted by Crippen LogP contribution is 2.23. The molecule has 0 bridgehead atoms. The Hall–Kier alpha value is -2.05. The van der Waals surface area contributed by atoms with Crippen molar-refractivity contribution in [3.8, 4) is 11.6 Å². The van der Waals surface area contributed by atoms with Crippen LogP contribution in [0.15, 0.2) is 36.7 Å². The lowest BCUT2D eigenvalue weighted by atomic mass is 10.1. The molecule has 0 unspecified atom stereocenters. The van der Waals surface area contributed by atoms with Crippen LogP contribution in [0.25, 0.3) is 0 Å². The maximum Gasteiger partial charge on any atom is 0.237 e. The number of aromatic nitrogens is 2.